The van der Waals surface area contributed by atoms with Gasteiger partial charge in [-0.2, -0.15) is 0 Å². The second-order valence-electron chi connectivity index (χ2n) is 6.17. The molecule has 0 aliphatic rings. The first-order valence-corrected chi connectivity index (χ1v) is 8.48. The average molecular weight is 370 g/mol. The first kappa shape index (κ1) is 17.4. The van der Waals surface area contributed by atoms with Crippen LogP contribution in [0.25, 0.3) is 21.5 Å². The van der Waals surface area contributed by atoms with Crippen molar-refractivity contribution in [1.29, 1.82) is 0 Å². The van der Waals surface area contributed by atoms with Crippen LogP contribution in [-0.4, -0.2) is 22.2 Å². The third kappa shape index (κ3) is 2.97. The lowest BCUT2D eigenvalue weighted by atomic mass is 10.0. The van der Waals surface area contributed by atoms with E-state index < -0.39 is 11.9 Å². The van der Waals surface area contributed by atoms with Gasteiger partial charge >= 0.3 is 11.9 Å². The fourth-order valence-electron chi connectivity index (χ4n) is 3.22. The molecule has 6 heteroatoms. The summed E-state index contributed by atoms with van der Waals surface area (Å²) < 4.78 is 0. The molecule has 0 bridgehead atoms. The third-order valence-electron chi connectivity index (χ3n) is 4.53. The van der Waals surface area contributed by atoms with Gasteiger partial charge in [0.25, 0.3) is 0 Å². The van der Waals surface area contributed by atoms with Crippen molar-refractivity contribution in [1.82, 2.24) is 0 Å². The van der Waals surface area contributed by atoms with E-state index >= 15 is 0 Å². The average Bonchev–Trinajstić information content (AvgIpc) is 2.71. The third-order valence-corrected chi connectivity index (χ3v) is 4.53. The summed E-state index contributed by atoms with van der Waals surface area (Å²) in [6.07, 6.45) is 0. The monoisotopic (exact) mass is 370 g/mol. The van der Waals surface area contributed by atoms with Gasteiger partial charge in [0, 0.05) is 10.8 Å². The van der Waals surface area contributed by atoms with Crippen LogP contribution >= 0.6 is 0 Å². The number of azo groups is 1. The Kier molecular flexibility index (Phi) is 4.29. The lowest BCUT2D eigenvalue weighted by Crippen LogP contribution is -1.97. The molecule has 0 unspecified atom stereocenters. The molecule has 4 aromatic rings. The zero-order valence-corrected chi connectivity index (χ0v) is 14.5. The number of carboxylic acid groups (broad SMARTS) is 2. The number of fused-ring (bicyclic) bond motifs is 2. The highest BCUT2D eigenvalue weighted by Crippen LogP contribution is 2.33. The van der Waals surface area contributed by atoms with Crippen molar-refractivity contribution >= 4 is 44.9 Å². The second-order valence-corrected chi connectivity index (χ2v) is 6.17. The van der Waals surface area contributed by atoms with Gasteiger partial charge in [-0.05, 0) is 35.0 Å². The Morgan fingerprint density at radius 2 is 0.893 bits per heavy atom. The lowest BCUT2D eigenvalue weighted by molar-refractivity contribution is 0.0688. The van der Waals surface area contributed by atoms with Crippen molar-refractivity contribution in [3.8, 4) is 0 Å². The van der Waals surface area contributed by atoms with Crippen molar-refractivity contribution in [2.45, 2.75) is 0 Å². The zero-order valence-electron chi connectivity index (χ0n) is 14.5. The maximum atomic E-state index is 11.4. The van der Waals surface area contributed by atoms with E-state index in [4.69, 9.17) is 0 Å². The van der Waals surface area contributed by atoms with Crippen LogP contribution in [0.3, 0.4) is 0 Å². The van der Waals surface area contributed by atoms with Crippen LogP contribution in [0, 0.1) is 0 Å². The number of hydrogen-bond acceptors (Lipinski definition) is 4. The van der Waals surface area contributed by atoms with E-state index in [1.165, 1.54) is 12.1 Å². The molecule has 6 nitrogen and oxygen atoms in total. The van der Waals surface area contributed by atoms with Crippen molar-refractivity contribution in [3.05, 3.63) is 83.9 Å². The molecule has 136 valence electrons. The van der Waals surface area contributed by atoms with Crippen LogP contribution in [0.5, 0.6) is 0 Å². The molecule has 0 saturated heterocycles. The van der Waals surface area contributed by atoms with Crippen molar-refractivity contribution in [3.63, 3.8) is 0 Å². The van der Waals surface area contributed by atoms with Gasteiger partial charge < -0.3 is 10.2 Å². The molecule has 0 radical (unpaired) electrons. The molecule has 0 spiro atoms. The Balaban J connectivity index is 1.85. The number of rotatable bonds is 4. The summed E-state index contributed by atoms with van der Waals surface area (Å²) >= 11 is 0. The topological polar surface area (TPSA) is 99.3 Å². The number of aromatic carboxylic acids is 2. The standard InChI is InChI=1S/C22H14N2O4/c25-21(26)17-9-11-19(15-7-3-1-5-13(15)17)23-24-20-12-10-18(22(27)28)14-6-2-4-8-16(14)20/h1-12H,(H,25,26)(H,27,28)/b24-23+. The van der Waals surface area contributed by atoms with Gasteiger partial charge in [-0.1, -0.05) is 48.5 Å². The number of hydrogen-bond donors (Lipinski definition) is 2. The molecular formula is C22H14N2O4. The molecule has 2 N–H and O–H groups in total. The number of benzene rings is 4. The SMILES string of the molecule is O=C(O)c1ccc(/N=N/c2ccc(C(=O)O)c3ccccc23)c2ccccc12. The number of nitrogens with zero attached hydrogens (tertiary/aromatic N) is 2. The number of carbonyl (C=O) groups is 2. The van der Waals surface area contributed by atoms with Gasteiger partial charge in [-0.15, -0.1) is 10.2 Å². The highest BCUT2D eigenvalue weighted by Gasteiger charge is 2.12. The molecule has 4 rings (SSSR count). The Bertz CT molecular complexity index is 1180. The smallest absolute Gasteiger partial charge is 0.336 e. The fraction of sp³-hybridized carbons (Fsp3) is 0. The van der Waals surface area contributed by atoms with Crippen LogP contribution < -0.4 is 0 Å². The normalized spacial score (nSPS) is 11.3. The summed E-state index contributed by atoms with van der Waals surface area (Å²) in [6.45, 7) is 0. The zero-order chi connectivity index (χ0) is 19.7. The van der Waals surface area contributed by atoms with Crippen LogP contribution in [-0.2, 0) is 0 Å². The molecule has 0 amide bonds. The molecule has 28 heavy (non-hydrogen) atoms. The summed E-state index contributed by atoms with van der Waals surface area (Å²) in [7, 11) is 0. The maximum absolute atomic E-state index is 11.4. The Labute approximate surface area is 159 Å². The van der Waals surface area contributed by atoms with Crippen LogP contribution in [0.1, 0.15) is 20.7 Å². The van der Waals surface area contributed by atoms with Gasteiger partial charge in [-0.25, -0.2) is 9.59 Å². The van der Waals surface area contributed by atoms with Crippen LogP contribution in [0.4, 0.5) is 11.4 Å². The quantitative estimate of drug-likeness (QED) is 0.443. The Morgan fingerprint density at radius 1 is 0.536 bits per heavy atom. The molecular weight excluding hydrogens is 356 g/mol. The predicted octanol–water partition coefficient (Wildman–Crippen LogP) is 5.80. The molecule has 0 aliphatic heterocycles. The van der Waals surface area contributed by atoms with Crippen molar-refractivity contribution in [2.75, 3.05) is 0 Å². The minimum atomic E-state index is -1.00. The van der Waals surface area contributed by atoms with E-state index in [9.17, 15) is 19.8 Å². The molecule has 0 aromatic heterocycles. The Hall–Kier alpha value is -4.06. The minimum absolute atomic E-state index is 0.200. The summed E-state index contributed by atoms with van der Waals surface area (Å²) in [5.74, 6) is -2.01. The van der Waals surface area contributed by atoms with Gasteiger partial charge in [-0.3, -0.25) is 0 Å². The van der Waals surface area contributed by atoms with Gasteiger partial charge in [0.1, 0.15) is 0 Å². The second kappa shape index (κ2) is 6.92. The van der Waals surface area contributed by atoms with Crippen LogP contribution in [0.15, 0.2) is 83.0 Å². The van der Waals surface area contributed by atoms with E-state index in [1.807, 2.05) is 12.1 Å². The summed E-state index contributed by atoms with van der Waals surface area (Å²) in [5, 5.41) is 29.9. The van der Waals surface area contributed by atoms with E-state index in [2.05, 4.69) is 10.2 Å². The molecule has 0 saturated carbocycles. The first-order valence-electron chi connectivity index (χ1n) is 8.48. The highest BCUT2D eigenvalue weighted by atomic mass is 16.4. The molecule has 0 atom stereocenters. The summed E-state index contributed by atoms with van der Waals surface area (Å²) in [4.78, 5) is 22.9. The summed E-state index contributed by atoms with van der Waals surface area (Å²) in [5.41, 5.74) is 1.47. The summed E-state index contributed by atoms with van der Waals surface area (Å²) in [6, 6.07) is 20.4. The van der Waals surface area contributed by atoms with E-state index in [-0.39, 0.29) is 11.1 Å². The predicted molar refractivity (Wildman–Crippen MR) is 106 cm³/mol. The number of carboxylic acids is 2. The van der Waals surface area contributed by atoms with E-state index in [1.54, 1.807) is 48.5 Å². The van der Waals surface area contributed by atoms with Crippen molar-refractivity contribution in [2.24, 2.45) is 10.2 Å². The molecule has 0 aliphatic carbocycles. The lowest BCUT2D eigenvalue weighted by Gasteiger charge is -2.06. The highest BCUT2D eigenvalue weighted by molar-refractivity contribution is 6.08. The van der Waals surface area contributed by atoms with Crippen molar-refractivity contribution < 1.29 is 19.8 Å². The maximum Gasteiger partial charge on any atom is 0.336 e. The fourth-order valence-corrected chi connectivity index (χ4v) is 3.22. The molecule has 0 fully saturated rings. The molecule has 0 heterocycles. The van der Waals surface area contributed by atoms with Crippen LogP contribution in [0.2, 0.25) is 0 Å². The van der Waals surface area contributed by atoms with Gasteiger partial charge in [0.05, 0.1) is 22.5 Å². The minimum Gasteiger partial charge on any atom is -0.478 e. The molecule has 4 aromatic carbocycles. The Morgan fingerprint density at radius 3 is 1.25 bits per heavy atom. The van der Waals surface area contributed by atoms with Gasteiger partial charge in [0.2, 0.25) is 0 Å². The first-order chi connectivity index (χ1) is 13.6. The van der Waals surface area contributed by atoms with Gasteiger partial charge in [0.15, 0.2) is 0 Å². The van der Waals surface area contributed by atoms with E-state index in [0.717, 1.165) is 0 Å². The largest absolute Gasteiger partial charge is 0.478 e. The van der Waals surface area contributed by atoms with E-state index in [0.29, 0.717) is 32.9 Å².